The molecule has 0 unspecified atom stereocenters. The summed E-state index contributed by atoms with van der Waals surface area (Å²) in [7, 11) is 0. The number of ketones is 1. The number of carbonyl (C=O) groups is 1. The molecule has 0 saturated carbocycles. The molecule has 1 aliphatic rings. The second-order valence-electron chi connectivity index (χ2n) is 6.01. The van der Waals surface area contributed by atoms with E-state index in [0.29, 0.717) is 10.6 Å². The highest BCUT2D eigenvalue weighted by atomic mass is 32.1. The predicted octanol–water partition coefficient (Wildman–Crippen LogP) is 3.87. The lowest BCUT2D eigenvalue weighted by atomic mass is 10.0. The van der Waals surface area contributed by atoms with Gasteiger partial charge in [-0.15, -0.1) is 11.3 Å². The van der Waals surface area contributed by atoms with Gasteiger partial charge in [-0.25, -0.2) is 4.98 Å². The fraction of sp³-hybridized carbons (Fsp3) is 0.375. The topological polar surface area (TPSA) is 39.2 Å². The maximum absolute atomic E-state index is 12.5. The Morgan fingerprint density at radius 1 is 1.10 bits per heavy atom. The fourth-order valence-electron chi connectivity index (χ4n) is 2.68. The number of benzene rings is 1. The average Bonchev–Trinajstić information content (AvgIpc) is 2.90. The maximum atomic E-state index is 12.5. The molecule has 0 spiro atoms. The molecule has 0 N–H and O–H groups in total. The number of hydrogen-bond acceptors (Lipinski definition) is 4. The summed E-state index contributed by atoms with van der Waals surface area (Å²) < 4.78 is 6.02. The third kappa shape index (κ3) is 2.00. The van der Waals surface area contributed by atoms with Crippen LogP contribution in [0.2, 0.25) is 0 Å². The highest BCUT2D eigenvalue weighted by Crippen LogP contribution is 2.49. The SMILES string of the molecule is CC1(C)OC(C)(C)c2sc(C(=O)c3ccccc3)nc21. The van der Waals surface area contributed by atoms with E-state index in [1.165, 1.54) is 11.3 Å². The zero-order valence-electron chi connectivity index (χ0n) is 12.1. The predicted molar refractivity (Wildman–Crippen MR) is 79.1 cm³/mol. The Balaban J connectivity index is 2.06. The van der Waals surface area contributed by atoms with Crippen LogP contribution in [0.25, 0.3) is 0 Å². The minimum atomic E-state index is -0.440. The van der Waals surface area contributed by atoms with Gasteiger partial charge in [0.1, 0.15) is 5.60 Å². The lowest BCUT2D eigenvalue weighted by Gasteiger charge is -2.24. The standard InChI is InChI=1S/C16H17NO2S/c1-15(2)12-13(16(3,4)19-15)20-14(17-12)11(18)10-8-6-5-7-9-10/h5-9H,1-4H3. The molecule has 0 amide bonds. The minimum Gasteiger partial charge on any atom is -0.358 e. The average molecular weight is 287 g/mol. The van der Waals surface area contributed by atoms with Crippen LogP contribution in [0.1, 0.15) is 53.6 Å². The van der Waals surface area contributed by atoms with Crippen molar-refractivity contribution in [2.24, 2.45) is 0 Å². The van der Waals surface area contributed by atoms with Crippen LogP contribution in [-0.4, -0.2) is 10.8 Å². The number of thiazole rings is 1. The summed E-state index contributed by atoms with van der Waals surface area (Å²) in [6.07, 6.45) is 0. The molecule has 104 valence electrons. The third-order valence-electron chi connectivity index (χ3n) is 3.48. The second kappa shape index (κ2) is 4.24. The number of nitrogens with zero attached hydrogens (tertiary/aromatic N) is 1. The quantitative estimate of drug-likeness (QED) is 0.787. The first-order valence-corrected chi connectivity index (χ1v) is 7.45. The van der Waals surface area contributed by atoms with Crippen molar-refractivity contribution >= 4 is 17.1 Å². The number of carbonyl (C=O) groups excluding carboxylic acids is 1. The number of aromatic nitrogens is 1. The molecule has 2 heterocycles. The fourth-order valence-corrected chi connectivity index (χ4v) is 3.90. The van der Waals surface area contributed by atoms with E-state index in [2.05, 4.69) is 4.98 Å². The van der Waals surface area contributed by atoms with Gasteiger partial charge in [0.05, 0.1) is 16.2 Å². The lowest BCUT2D eigenvalue weighted by molar-refractivity contribution is -0.105. The van der Waals surface area contributed by atoms with E-state index < -0.39 is 5.60 Å². The lowest BCUT2D eigenvalue weighted by Crippen LogP contribution is -2.23. The van der Waals surface area contributed by atoms with Crippen molar-refractivity contribution in [1.82, 2.24) is 4.98 Å². The monoisotopic (exact) mass is 287 g/mol. The van der Waals surface area contributed by atoms with Gasteiger partial charge in [0.2, 0.25) is 5.78 Å². The summed E-state index contributed by atoms with van der Waals surface area (Å²) >= 11 is 1.45. The molecular weight excluding hydrogens is 270 g/mol. The van der Waals surface area contributed by atoms with Gasteiger partial charge in [-0.1, -0.05) is 30.3 Å². The van der Waals surface area contributed by atoms with Gasteiger partial charge < -0.3 is 4.74 Å². The van der Waals surface area contributed by atoms with Crippen LogP contribution in [0.15, 0.2) is 30.3 Å². The van der Waals surface area contributed by atoms with Crippen LogP contribution >= 0.6 is 11.3 Å². The zero-order chi connectivity index (χ0) is 14.5. The second-order valence-corrected chi connectivity index (χ2v) is 7.01. The van der Waals surface area contributed by atoms with Gasteiger partial charge in [0.15, 0.2) is 5.01 Å². The molecule has 0 radical (unpaired) electrons. The molecule has 0 saturated heterocycles. The molecular formula is C16H17NO2S. The Bertz CT molecular complexity index is 640. The van der Waals surface area contributed by atoms with Crippen LogP contribution < -0.4 is 0 Å². The first-order valence-electron chi connectivity index (χ1n) is 6.63. The van der Waals surface area contributed by atoms with Crippen molar-refractivity contribution in [2.45, 2.75) is 38.9 Å². The number of rotatable bonds is 2. The third-order valence-corrected chi connectivity index (χ3v) is 4.84. The molecule has 4 heteroatoms. The molecule has 0 bridgehead atoms. The van der Waals surface area contributed by atoms with Crippen molar-refractivity contribution in [3.05, 3.63) is 51.5 Å². The van der Waals surface area contributed by atoms with Gasteiger partial charge in [0, 0.05) is 5.56 Å². The molecule has 1 aliphatic heterocycles. The molecule has 3 nitrogen and oxygen atoms in total. The van der Waals surface area contributed by atoms with Crippen molar-refractivity contribution in [3.63, 3.8) is 0 Å². The summed E-state index contributed by atoms with van der Waals surface area (Å²) in [5.41, 5.74) is 0.749. The Labute approximate surface area is 122 Å². The number of fused-ring (bicyclic) bond motifs is 1. The Hall–Kier alpha value is -1.52. The Morgan fingerprint density at radius 2 is 1.75 bits per heavy atom. The highest BCUT2D eigenvalue weighted by Gasteiger charge is 2.46. The van der Waals surface area contributed by atoms with Crippen LogP contribution in [0.3, 0.4) is 0 Å². The van der Waals surface area contributed by atoms with Crippen LogP contribution in [0.4, 0.5) is 0 Å². The van der Waals surface area contributed by atoms with Crippen LogP contribution in [0.5, 0.6) is 0 Å². The smallest absolute Gasteiger partial charge is 0.221 e. The first kappa shape index (κ1) is 13.5. The van der Waals surface area contributed by atoms with Crippen molar-refractivity contribution < 1.29 is 9.53 Å². The van der Waals surface area contributed by atoms with Crippen molar-refractivity contribution in [3.8, 4) is 0 Å². The molecule has 2 aromatic rings. The van der Waals surface area contributed by atoms with E-state index in [0.717, 1.165) is 10.6 Å². The van der Waals surface area contributed by atoms with Gasteiger partial charge in [0.25, 0.3) is 0 Å². The van der Waals surface area contributed by atoms with Gasteiger partial charge in [-0.05, 0) is 27.7 Å². The van der Waals surface area contributed by atoms with Crippen LogP contribution in [-0.2, 0) is 15.9 Å². The Kier molecular flexibility index (Phi) is 2.85. The largest absolute Gasteiger partial charge is 0.358 e. The van der Waals surface area contributed by atoms with Gasteiger partial charge >= 0.3 is 0 Å². The molecule has 1 aromatic heterocycles. The summed E-state index contributed by atoms with van der Waals surface area (Å²) in [6.45, 7) is 8.04. The van der Waals surface area contributed by atoms with E-state index in [1.807, 2.05) is 58.0 Å². The molecule has 0 aliphatic carbocycles. The molecule has 20 heavy (non-hydrogen) atoms. The summed E-state index contributed by atoms with van der Waals surface area (Å²) in [5.74, 6) is -0.0170. The first-order chi connectivity index (χ1) is 9.31. The van der Waals surface area contributed by atoms with E-state index in [9.17, 15) is 4.79 Å². The summed E-state index contributed by atoms with van der Waals surface area (Å²) in [4.78, 5) is 18.1. The number of ether oxygens (including phenoxy) is 1. The molecule has 0 atom stereocenters. The Morgan fingerprint density at radius 3 is 2.35 bits per heavy atom. The van der Waals surface area contributed by atoms with E-state index in [-0.39, 0.29) is 11.4 Å². The highest BCUT2D eigenvalue weighted by molar-refractivity contribution is 7.14. The summed E-state index contributed by atoms with van der Waals surface area (Å²) in [6, 6.07) is 9.28. The minimum absolute atomic E-state index is 0.0170. The maximum Gasteiger partial charge on any atom is 0.221 e. The molecule has 1 aromatic carbocycles. The normalized spacial score (nSPS) is 18.8. The van der Waals surface area contributed by atoms with Crippen molar-refractivity contribution in [1.29, 1.82) is 0 Å². The van der Waals surface area contributed by atoms with Crippen LogP contribution in [0, 0.1) is 0 Å². The van der Waals surface area contributed by atoms with Gasteiger partial charge in [-0.2, -0.15) is 0 Å². The van der Waals surface area contributed by atoms with Gasteiger partial charge in [-0.3, -0.25) is 4.79 Å². The van der Waals surface area contributed by atoms with Crippen molar-refractivity contribution in [2.75, 3.05) is 0 Å². The van der Waals surface area contributed by atoms with E-state index in [1.54, 1.807) is 0 Å². The summed E-state index contributed by atoms with van der Waals surface area (Å²) in [5, 5.41) is 0.547. The van der Waals surface area contributed by atoms with E-state index >= 15 is 0 Å². The molecule has 0 fully saturated rings. The van der Waals surface area contributed by atoms with E-state index in [4.69, 9.17) is 4.74 Å². The molecule has 3 rings (SSSR count). The number of hydrogen-bond donors (Lipinski definition) is 0. The zero-order valence-corrected chi connectivity index (χ0v) is 12.9.